The van der Waals surface area contributed by atoms with Crippen molar-refractivity contribution < 1.29 is 4.74 Å². The lowest BCUT2D eigenvalue weighted by Gasteiger charge is -2.11. The summed E-state index contributed by atoms with van der Waals surface area (Å²) in [6.45, 7) is 2.81. The summed E-state index contributed by atoms with van der Waals surface area (Å²) in [7, 11) is 0. The Labute approximate surface area is 105 Å². The second kappa shape index (κ2) is 5.19. The third-order valence-electron chi connectivity index (χ3n) is 2.95. The normalized spacial score (nSPS) is 17.2. The highest BCUT2D eigenvalue weighted by Gasteiger charge is 2.20. The zero-order chi connectivity index (χ0) is 11.5. The Balaban J connectivity index is 1.91. The molecular formula is C13H18BrNO. The average Bonchev–Trinajstić information content (AvgIpc) is 3.01. The van der Waals surface area contributed by atoms with Gasteiger partial charge in [-0.25, -0.2) is 0 Å². The molecular weight excluding hydrogens is 266 g/mol. The van der Waals surface area contributed by atoms with E-state index in [1.807, 2.05) is 25.1 Å². The molecule has 1 aliphatic carbocycles. The molecule has 0 bridgehead atoms. The summed E-state index contributed by atoms with van der Waals surface area (Å²) in [4.78, 5) is 0. The molecule has 0 unspecified atom stereocenters. The smallest absolute Gasteiger partial charge is 0.120 e. The molecule has 1 aromatic rings. The van der Waals surface area contributed by atoms with Crippen LogP contribution in [0.4, 0.5) is 0 Å². The Morgan fingerprint density at radius 2 is 2.25 bits per heavy atom. The first-order valence-electron chi connectivity index (χ1n) is 5.84. The molecule has 0 radical (unpaired) electrons. The molecule has 1 fully saturated rings. The average molecular weight is 284 g/mol. The summed E-state index contributed by atoms with van der Waals surface area (Å²) in [5.74, 6) is 1.85. The Hall–Kier alpha value is -0.540. The second-order valence-corrected chi connectivity index (χ2v) is 5.41. The van der Waals surface area contributed by atoms with E-state index in [0.29, 0.717) is 0 Å². The van der Waals surface area contributed by atoms with Crippen molar-refractivity contribution in [1.29, 1.82) is 0 Å². The van der Waals surface area contributed by atoms with Gasteiger partial charge in [-0.15, -0.1) is 0 Å². The van der Waals surface area contributed by atoms with Gasteiger partial charge in [-0.1, -0.05) is 34.8 Å². The maximum Gasteiger partial charge on any atom is 0.120 e. The fourth-order valence-corrected chi connectivity index (χ4v) is 2.44. The predicted molar refractivity (Wildman–Crippen MR) is 69.6 cm³/mol. The third-order valence-corrected chi connectivity index (χ3v) is 3.64. The molecule has 1 aliphatic rings. The monoisotopic (exact) mass is 283 g/mol. The van der Waals surface area contributed by atoms with E-state index in [0.717, 1.165) is 28.3 Å². The van der Waals surface area contributed by atoms with Gasteiger partial charge < -0.3 is 10.5 Å². The molecule has 1 atom stereocenters. The first-order chi connectivity index (χ1) is 7.66. The quantitative estimate of drug-likeness (QED) is 0.895. The Bertz CT molecular complexity index is 361. The van der Waals surface area contributed by atoms with Gasteiger partial charge in [0, 0.05) is 10.5 Å². The van der Waals surface area contributed by atoms with Crippen molar-refractivity contribution in [2.24, 2.45) is 11.7 Å². The lowest BCUT2D eigenvalue weighted by atomic mass is 10.1. The van der Waals surface area contributed by atoms with Crippen molar-refractivity contribution in [3.05, 3.63) is 28.2 Å². The van der Waals surface area contributed by atoms with Gasteiger partial charge in [0.25, 0.3) is 0 Å². The standard InChI is InChI=1S/C13H18BrNO/c1-9(15)12-5-4-11(8-13(12)14)16-7-6-10-2-3-10/h4-5,8-10H,2-3,6-7,15H2,1H3/t9-/m1/s1. The fourth-order valence-electron chi connectivity index (χ4n) is 1.72. The topological polar surface area (TPSA) is 35.2 Å². The van der Waals surface area contributed by atoms with Crippen LogP contribution in [0.25, 0.3) is 0 Å². The molecule has 0 saturated heterocycles. The molecule has 0 heterocycles. The van der Waals surface area contributed by atoms with Crippen molar-refractivity contribution >= 4 is 15.9 Å². The van der Waals surface area contributed by atoms with Crippen LogP contribution in [0.15, 0.2) is 22.7 Å². The lowest BCUT2D eigenvalue weighted by Crippen LogP contribution is -2.06. The van der Waals surface area contributed by atoms with Gasteiger partial charge in [-0.2, -0.15) is 0 Å². The largest absolute Gasteiger partial charge is 0.494 e. The molecule has 2 nitrogen and oxygen atoms in total. The highest BCUT2D eigenvalue weighted by molar-refractivity contribution is 9.10. The van der Waals surface area contributed by atoms with Crippen molar-refractivity contribution in [2.75, 3.05) is 6.61 Å². The van der Waals surface area contributed by atoms with Crippen LogP contribution in [0.2, 0.25) is 0 Å². The molecule has 2 N–H and O–H groups in total. The van der Waals surface area contributed by atoms with E-state index >= 15 is 0 Å². The van der Waals surface area contributed by atoms with Gasteiger partial charge in [-0.05, 0) is 37.0 Å². The number of nitrogens with two attached hydrogens (primary N) is 1. The first kappa shape index (κ1) is 11.9. The number of benzene rings is 1. The second-order valence-electron chi connectivity index (χ2n) is 4.55. The van der Waals surface area contributed by atoms with Crippen molar-refractivity contribution in [3.8, 4) is 5.75 Å². The summed E-state index contributed by atoms with van der Waals surface area (Å²) in [5, 5.41) is 0. The van der Waals surface area contributed by atoms with Gasteiger partial charge in [-0.3, -0.25) is 0 Å². The van der Waals surface area contributed by atoms with Crippen molar-refractivity contribution in [3.63, 3.8) is 0 Å². The summed E-state index contributed by atoms with van der Waals surface area (Å²) < 4.78 is 6.74. The van der Waals surface area contributed by atoms with Crippen molar-refractivity contribution in [2.45, 2.75) is 32.2 Å². The minimum atomic E-state index is 0.0508. The van der Waals surface area contributed by atoms with Crippen LogP contribution in [-0.4, -0.2) is 6.61 Å². The predicted octanol–water partition coefficient (Wildman–Crippen LogP) is 3.65. The van der Waals surface area contributed by atoms with Gasteiger partial charge in [0.15, 0.2) is 0 Å². The van der Waals surface area contributed by atoms with Crippen LogP contribution in [0.5, 0.6) is 5.75 Å². The molecule has 3 heteroatoms. The van der Waals surface area contributed by atoms with E-state index in [1.165, 1.54) is 19.3 Å². The Morgan fingerprint density at radius 1 is 1.50 bits per heavy atom. The van der Waals surface area contributed by atoms with E-state index in [1.54, 1.807) is 0 Å². The van der Waals surface area contributed by atoms with E-state index in [-0.39, 0.29) is 6.04 Å². The summed E-state index contributed by atoms with van der Waals surface area (Å²) in [6, 6.07) is 6.08. The number of halogens is 1. The number of ether oxygens (including phenoxy) is 1. The van der Waals surface area contributed by atoms with Crippen LogP contribution in [-0.2, 0) is 0 Å². The van der Waals surface area contributed by atoms with Gasteiger partial charge in [0.1, 0.15) is 5.75 Å². The molecule has 0 aliphatic heterocycles. The lowest BCUT2D eigenvalue weighted by molar-refractivity contribution is 0.302. The van der Waals surface area contributed by atoms with E-state index in [9.17, 15) is 0 Å². The van der Waals surface area contributed by atoms with Crippen LogP contribution >= 0.6 is 15.9 Å². The molecule has 88 valence electrons. The minimum absolute atomic E-state index is 0.0508. The summed E-state index contributed by atoms with van der Waals surface area (Å²) >= 11 is 3.52. The van der Waals surface area contributed by atoms with Gasteiger partial charge >= 0.3 is 0 Å². The SMILES string of the molecule is C[C@@H](N)c1ccc(OCCC2CC2)cc1Br. The molecule has 0 amide bonds. The van der Waals surface area contributed by atoms with Gasteiger partial charge in [0.2, 0.25) is 0 Å². The molecule has 0 aromatic heterocycles. The maximum absolute atomic E-state index is 5.84. The molecule has 16 heavy (non-hydrogen) atoms. The summed E-state index contributed by atoms with van der Waals surface area (Å²) in [6.07, 6.45) is 3.96. The Morgan fingerprint density at radius 3 is 2.81 bits per heavy atom. The van der Waals surface area contributed by atoms with Gasteiger partial charge in [0.05, 0.1) is 6.61 Å². The number of hydrogen-bond donors (Lipinski definition) is 1. The molecule has 0 spiro atoms. The number of hydrogen-bond acceptors (Lipinski definition) is 2. The van der Waals surface area contributed by atoms with Crippen LogP contribution in [0, 0.1) is 5.92 Å². The maximum atomic E-state index is 5.84. The van der Waals surface area contributed by atoms with Crippen LogP contribution in [0.1, 0.15) is 37.8 Å². The zero-order valence-corrected chi connectivity index (χ0v) is 11.2. The fraction of sp³-hybridized carbons (Fsp3) is 0.538. The first-order valence-corrected chi connectivity index (χ1v) is 6.64. The third kappa shape index (κ3) is 3.22. The van der Waals surface area contributed by atoms with E-state index in [2.05, 4.69) is 15.9 Å². The Kier molecular flexibility index (Phi) is 3.87. The highest BCUT2D eigenvalue weighted by Crippen LogP contribution is 2.32. The summed E-state index contributed by atoms with van der Waals surface area (Å²) in [5.41, 5.74) is 6.96. The molecule has 1 saturated carbocycles. The highest BCUT2D eigenvalue weighted by atomic mass is 79.9. The number of rotatable bonds is 5. The molecule has 2 rings (SSSR count). The van der Waals surface area contributed by atoms with E-state index < -0.39 is 0 Å². The van der Waals surface area contributed by atoms with Crippen molar-refractivity contribution in [1.82, 2.24) is 0 Å². The van der Waals surface area contributed by atoms with E-state index in [4.69, 9.17) is 10.5 Å². The van der Waals surface area contributed by atoms with Crippen LogP contribution < -0.4 is 10.5 Å². The van der Waals surface area contributed by atoms with Crippen LogP contribution in [0.3, 0.4) is 0 Å². The minimum Gasteiger partial charge on any atom is -0.494 e. The zero-order valence-electron chi connectivity index (χ0n) is 9.58. The molecule has 1 aromatic carbocycles.